The van der Waals surface area contributed by atoms with E-state index in [0.29, 0.717) is 5.69 Å². The topological polar surface area (TPSA) is 81.5 Å². The van der Waals surface area contributed by atoms with Crippen LogP contribution in [0.15, 0.2) is 42.5 Å². The summed E-state index contributed by atoms with van der Waals surface area (Å²) in [6.45, 7) is 3.57. The first-order valence-electron chi connectivity index (χ1n) is 6.70. The molecule has 0 bridgehead atoms. The first kappa shape index (κ1) is 15.5. The van der Waals surface area contributed by atoms with Crippen molar-refractivity contribution in [1.29, 1.82) is 0 Å². The van der Waals surface area contributed by atoms with Gasteiger partial charge in [0.15, 0.2) is 12.4 Å². The van der Waals surface area contributed by atoms with Gasteiger partial charge in [-0.15, -0.1) is 0 Å². The van der Waals surface area contributed by atoms with Gasteiger partial charge in [0.1, 0.15) is 0 Å². The number of anilines is 1. The van der Waals surface area contributed by atoms with Crippen LogP contribution in [0.5, 0.6) is 5.75 Å². The number of amides is 1. The number of ether oxygens (including phenoxy) is 1. The average molecular weight is 300 g/mol. The molecule has 0 saturated heterocycles. The molecule has 1 amide bonds. The second kappa shape index (κ2) is 6.71. The van der Waals surface area contributed by atoms with Crippen LogP contribution in [-0.2, 0) is 4.79 Å². The molecular weight excluding hydrogens is 284 g/mol. The molecule has 6 nitrogen and oxygen atoms in total. The standard InChI is InChI=1S/C16H16N2O4/c1-11-7-8-13(12(2)9-11)17-16(19)10-22-15-6-4-3-5-14(15)18(20)21/h3-9H,10H2,1-2H3,(H,17,19). The molecule has 2 rings (SSSR count). The van der Waals surface area contributed by atoms with Crippen LogP contribution in [0, 0.1) is 24.0 Å². The molecule has 2 aromatic carbocycles. The molecule has 2 aromatic rings. The average Bonchev–Trinajstić information content (AvgIpc) is 2.48. The fourth-order valence-corrected chi connectivity index (χ4v) is 2.01. The quantitative estimate of drug-likeness (QED) is 0.679. The van der Waals surface area contributed by atoms with Crippen molar-refractivity contribution in [2.75, 3.05) is 11.9 Å². The van der Waals surface area contributed by atoms with Gasteiger partial charge < -0.3 is 10.1 Å². The van der Waals surface area contributed by atoms with Gasteiger partial charge in [-0.2, -0.15) is 0 Å². The minimum absolute atomic E-state index is 0.0725. The minimum Gasteiger partial charge on any atom is -0.477 e. The molecule has 0 spiro atoms. The number of para-hydroxylation sites is 2. The summed E-state index contributed by atoms with van der Waals surface area (Å²) in [5.74, 6) is -0.298. The molecule has 0 saturated carbocycles. The summed E-state index contributed by atoms with van der Waals surface area (Å²) in [7, 11) is 0. The van der Waals surface area contributed by atoms with Crippen LogP contribution in [0.1, 0.15) is 11.1 Å². The first-order valence-corrected chi connectivity index (χ1v) is 6.70. The van der Waals surface area contributed by atoms with E-state index in [0.717, 1.165) is 11.1 Å². The Hall–Kier alpha value is -2.89. The van der Waals surface area contributed by atoms with E-state index >= 15 is 0 Å². The molecule has 22 heavy (non-hydrogen) atoms. The second-order valence-electron chi connectivity index (χ2n) is 4.88. The zero-order chi connectivity index (χ0) is 16.1. The number of benzene rings is 2. The van der Waals surface area contributed by atoms with E-state index in [-0.39, 0.29) is 24.0 Å². The third-order valence-electron chi connectivity index (χ3n) is 3.08. The van der Waals surface area contributed by atoms with Crippen molar-refractivity contribution in [3.63, 3.8) is 0 Å². The van der Waals surface area contributed by atoms with E-state index in [1.54, 1.807) is 12.1 Å². The van der Waals surface area contributed by atoms with Gasteiger partial charge in [-0.05, 0) is 31.5 Å². The molecule has 0 fully saturated rings. The first-order chi connectivity index (χ1) is 10.5. The van der Waals surface area contributed by atoms with Crippen molar-refractivity contribution in [2.45, 2.75) is 13.8 Å². The Morgan fingerprint density at radius 3 is 2.64 bits per heavy atom. The summed E-state index contributed by atoms with van der Waals surface area (Å²) in [4.78, 5) is 22.2. The number of hydrogen-bond donors (Lipinski definition) is 1. The highest BCUT2D eigenvalue weighted by Gasteiger charge is 2.15. The number of carbonyl (C=O) groups is 1. The van der Waals surface area contributed by atoms with E-state index in [2.05, 4.69) is 5.32 Å². The van der Waals surface area contributed by atoms with Crippen molar-refractivity contribution in [3.05, 3.63) is 63.7 Å². The maximum atomic E-state index is 11.9. The second-order valence-corrected chi connectivity index (χ2v) is 4.88. The highest BCUT2D eigenvalue weighted by atomic mass is 16.6. The normalized spacial score (nSPS) is 10.1. The number of carbonyl (C=O) groups excluding carboxylic acids is 1. The molecule has 1 N–H and O–H groups in total. The lowest BCUT2D eigenvalue weighted by atomic mass is 10.1. The van der Waals surface area contributed by atoms with E-state index in [4.69, 9.17) is 4.74 Å². The Labute approximate surface area is 127 Å². The Morgan fingerprint density at radius 2 is 1.95 bits per heavy atom. The summed E-state index contributed by atoms with van der Waals surface area (Å²) < 4.78 is 5.24. The predicted octanol–water partition coefficient (Wildman–Crippen LogP) is 3.23. The maximum absolute atomic E-state index is 11.9. The van der Waals surface area contributed by atoms with Crippen molar-refractivity contribution in [2.24, 2.45) is 0 Å². The number of nitrogens with one attached hydrogen (secondary N) is 1. The third kappa shape index (κ3) is 3.82. The number of rotatable bonds is 5. The molecule has 6 heteroatoms. The van der Waals surface area contributed by atoms with Crippen molar-refractivity contribution < 1.29 is 14.5 Å². The smallest absolute Gasteiger partial charge is 0.310 e. The molecule has 0 aliphatic carbocycles. The zero-order valence-electron chi connectivity index (χ0n) is 12.3. The largest absolute Gasteiger partial charge is 0.477 e. The van der Waals surface area contributed by atoms with Gasteiger partial charge in [-0.1, -0.05) is 29.8 Å². The molecule has 0 heterocycles. The Balaban J connectivity index is 2.00. The number of nitro benzene ring substituents is 1. The fourth-order valence-electron chi connectivity index (χ4n) is 2.01. The SMILES string of the molecule is Cc1ccc(NC(=O)COc2ccccc2[N+](=O)[O-])c(C)c1. The highest BCUT2D eigenvalue weighted by molar-refractivity contribution is 5.92. The van der Waals surface area contributed by atoms with Crippen LogP contribution in [0.25, 0.3) is 0 Å². The molecule has 0 atom stereocenters. The number of aryl methyl sites for hydroxylation is 2. The van der Waals surface area contributed by atoms with Crippen LogP contribution >= 0.6 is 0 Å². The third-order valence-corrected chi connectivity index (χ3v) is 3.08. The summed E-state index contributed by atoms with van der Waals surface area (Å²) in [6, 6.07) is 11.6. The lowest BCUT2D eigenvalue weighted by molar-refractivity contribution is -0.385. The van der Waals surface area contributed by atoms with E-state index in [1.807, 2.05) is 32.0 Å². The zero-order valence-corrected chi connectivity index (χ0v) is 12.3. The molecule has 0 unspecified atom stereocenters. The van der Waals surface area contributed by atoms with Crippen LogP contribution in [-0.4, -0.2) is 17.4 Å². The van der Waals surface area contributed by atoms with Gasteiger partial charge in [0.2, 0.25) is 0 Å². The van der Waals surface area contributed by atoms with Gasteiger partial charge in [0, 0.05) is 11.8 Å². The van der Waals surface area contributed by atoms with E-state index in [1.165, 1.54) is 12.1 Å². The van der Waals surface area contributed by atoms with Gasteiger partial charge in [0.05, 0.1) is 4.92 Å². The molecular formula is C16H16N2O4. The van der Waals surface area contributed by atoms with Crippen LogP contribution in [0.3, 0.4) is 0 Å². The fraction of sp³-hybridized carbons (Fsp3) is 0.188. The van der Waals surface area contributed by atoms with Gasteiger partial charge in [-0.25, -0.2) is 0 Å². The van der Waals surface area contributed by atoms with Crippen LogP contribution in [0.2, 0.25) is 0 Å². The van der Waals surface area contributed by atoms with Gasteiger partial charge in [-0.3, -0.25) is 14.9 Å². The van der Waals surface area contributed by atoms with Crippen LogP contribution < -0.4 is 10.1 Å². The summed E-state index contributed by atoms with van der Waals surface area (Å²) >= 11 is 0. The Morgan fingerprint density at radius 1 is 1.23 bits per heavy atom. The molecule has 0 aromatic heterocycles. The molecule has 114 valence electrons. The van der Waals surface area contributed by atoms with Crippen molar-refractivity contribution in [3.8, 4) is 5.75 Å². The minimum atomic E-state index is -0.544. The molecule has 0 aliphatic rings. The van der Waals surface area contributed by atoms with Crippen molar-refractivity contribution in [1.82, 2.24) is 0 Å². The maximum Gasteiger partial charge on any atom is 0.310 e. The number of nitro groups is 1. The predicted molar refractivity (Wildman–Crippen MR) is 83.1 cm³/mol. The summed E-state index contributed by atoms with van der Waals surface area (Å²) in [5, 5.41) is 13.6. The lowest BCUT2D eigenvalue weighted by Crippen LogP contribution is -2.21. The van der Waals surface area contributed by atoms with E-state index in [9.17, 15) is 14.9 Å². The van der Waals surface area contributed by atoms with Gasteiger partial charge >= 0.3 is 5.69 Å². The molecule has 0 aliphatic heterocycles. The summed E-state index contributed by atoms with van der Waals surface area (Å²) in [5.41, 5.74) is 2.58. The Bertz CT molecular complexity index is 713. The van der Waals surface area contributed by atoms with Gasteiger partial charge in [0.25, 0.3) is 5.91 Å². The number of nitrogens with zero attached hydrogens (tertiary/aromatic N) is 1. The van der Waals surface area contributed by atoms with Crippen molar-refractivity contribution >= 4 is 17.3 Å². The van der Waals surface area contributed by atoms with Crippen LogP contribution in [0.4, 0.5) is 11.4 Å². The highest BCUT2D eigenvalue weighted by Crippen LogP contribution is 2.25. The lowest BCUT2D eigenvalue weighted by Gasteiger charge is -2.10. The van der Waals surface area contributed by atoms with E-state index < -0.39 is 4.92 Å². The Kier molecular flexibility index (Phi) is 4.73. The monoisotopic (exact) mass is 300 g/mol. The summed E-state index contributed by atoms with van der Waals surface area (Å²) in [6.07, 6.45) is 0. The number of hydrogen-bond acceptors (Lipinski definition) is 4. The molecule has 0 radical (unpaired) electrons.